The first-order chi connectivity index (χ1) is 29.4. The zero-order valence-corrected chi connectivity index (χ0v) is 36.6. The van der Waals surface area contributed by atoms with E-state index >= 15 is 0 Å². The molecule has 1 fully saturated rings. The molecule has 0 aromatic heterocycles. The minimum atomic E-state index is -1.22. The maximum atomic E-state index is 14.6. The molecule has 334 valence electrons. The quantitative estimate of drug-likeness (QED) is 0.0831. The normalized spacial score (nSPS) is 18.9. The van der Waals surface area contributed by atoms with Crippen LogP contribution in [0.2, 0.25) is 0 Å². The third kappa shape index (κ3) is 14.8. The molecular weight excluding hydrogens is 775 g/mol. The molecule has 2 aromatic rings. The summed E-state index contributed by atoms with van der Waals surface area (Å²) in [4.78, 5) is 71.0. The number of aliphatic hydroxyl groups is 1. The molecule has 6 N–H and O–H groups in total. The minimum Gasteiger partial charge on any atom is -0.492 e. The van der Waals surface area contributed by atoms with Gasteiger partial charge >= 0.3 is 0 Å². The molecule has 0 unspecified atom stereocenters. The van der Waals surface area contributed by atoms with Crippen LogP contribution < -0.4 is 26.3 Å². The molecule has 0 radical (unpaired) electrons. The van der Waals surface area contributed by atoms with Gasteiger partial charge in [0.25, 0.3) is 0 Å². The summed E-state index contributed by atoms with van der Waals surface area (Å²) in [6, 6.07) is 10.6. The predicted molar refractivity (Wildman–Crippen MR) is 234 cm³/mol. The molecule has 13 heteroatoms. The number of ether oxygens (including phenoxy) is 2. The molecule has 13 nitrogen and oxygen atoms in total. The van der Waals surface area contributed by atoms with Gasteiger partial charge in [0.15, 0.2) is 11.6 Å². The van der Waals surface area contributed by atoms with Gasteiger partial charge in [0.1, 0.15) is 36.5 Å². The van der Waals surface area contributed by atoms with Crippen LogP contribution in [0.5, 0.6) is 11.5 Å². The van der Waals surface area contributed by atoms with E-state index in [2.05, 4.69) is 18.3 Å². The lowest BCUT2D eigenvalue weighted by atomic mass is 9.88. The highest BCUT2D eigenvalue weighted by atomic mass is 16.5. The summed E-state index contributed by atoms with van der Waals surface area (Å²) in [7, 11) is 1.47. The van der Waals surface area contributed by atoms with Crippen LogP contribution in [-0.2, 0) is 30.4 Å². The minimum absolute atomic E-state index is 0.00814. The molecule has 1 heterocycles. The first kappa shape index (κ1) is 49.0. The number of fused-ring (bicyclic) bond motifs is 5. The Balaban J connectivity index is 1.69. The third-order valence-corrected chi connectivity index (χ3v) is 11.9. The second-order valence-corrected chi connectivity index (χ2v) is 17.0. The molecule has 1 aliphatic carbocycles. The van der Waals surface area contributed by atoms with Crippen LogP contribution in [0.3, 0.4) is 0 Å². The van der Waals surface area contributed by atoms with Crippen molar-refractivity contribution in [1.29, 1.82) is 5.26 Å². The Labute approximate surface area is 362 Å². The van der Waals surface area contributed by atoms with Gasteiger partial charge in [0.2, 0.25) is 11.8 Å². The largest absolute Gasteiger partial charge is 0.492 e. The van der Waals surface area contributed by atoms with Crippen LogP contribution in [0.15, 0.2) is 36.4 Å². The molecule has 2 aliphatic rings. The van der Waals surface area contributed by atoms with Crippen molar-refractivity contribution in [2.45, 2.75) is 129 Å². The van der Waals surface area contributed by atoms with E-state index < -0.39 is 54.0 Å². The summed E-state index contributed by atoms with van der Waals surface area (Å²) in [6.45, 7) is 4.04. The number of carbonyl (C=O) groups excluding carboxylic acids is 5. The van der Waals surface area contributed by atoms with E-state index in [1.165, 1.54) is 44.1 Å². The molecule has 2 amide bonds. The summed E-state index contributed by atoms with van der Waals surface area (Å²) in [5.74, 6) is -3.32. The molecule has 5 atom stereocenters. The summed E-state index contributed by atoms with van der Waals surface area (Å²) < 4.78 is 12.2. The average Bonchev–Trinajstić information content (AvgIpc) is 4.10. The fourth-order valence-electron chi connectivity index (χ4n) is 8.19. The highest BCUT2D eigenvalue weighted by molar-refractivity contribution is 5.96. The lowest BCUT2D eigenvalue weighted by Crippen LogP contribution is -2.46. The zero-order valence-electron chi connectivity index (χ0n) is 36.6. The molecular formula is C48H69N5O8. The van der Waals surface area contributed by atoms with Crippen molar-refractivity contribution in [2.75, 3.05) is 40.0 Å². The average molecular weight is 844 g/mol. The molecule has 0 saturated heterocycles. The number of hydrogen-bond donors (Lipinski definition) is 4. The van der Waals surface area contributed by atoms with Crippen molar-refractivity contribution in [3.8, 4) is 28.7 Å². The van der Waals surface area contributed by atoms with Crippen molar-refractivity contribution >= 4 is 29.2 Å². The number of nitrogens with two attached hydrogens (primary N) is 2. The molecule has 61 heavy (non-hydrogen) atoms. The molecule has 1 aliphatic heterocycles. The number of carbonyl (C=O) groups is 5. The summed E-state index contributed by atoms with van der Waals surface area (Å²) in [5, 5.41) is 23.2. The molecule has 1 saturated carbocycles. The van der Waals surface area contributed by atoms with Gasteiger partial charge in [-0.15, -0.1) is 0 Å². The fraction of sp³-hybridized carbons (Fsp3) is 0.625. The van der Waals surface area contributed by atoms with Crippen LogP contribution in [-0.4, -0.2) is 85.2 Å². The number of ketones is 3. The number of Topliss-reactive ketones (excluding diaryl/α,β-unsaturated/α-hetero) is 3. The lowest BCUT2D eigenvalue weighted by molar-refractivity contribution is -0.144. The van der Waals surface area contributed by atoms with Crippen molar-refractivity contribution in [3.05, 3.63) is 47.5 Å². The van der Waals surface area contributed by atoms with Crippen LogP contribution in [0.4, 0.5) is 0 Å². The Bertz CT molecular complexity index is 1820. The number of hydrogen-bond acceptors (Lipinski definition) is 11. The first-order valence-corrected chi connectivity index (χ1v) is 22.5. The third-order valence-electron chi connectivity index (χ3n) is 11.9. The number of amides is 2. The standard InChI is InChI=1S/C48H69N5O8/c1-4-5-6-7-8-9-10-11-12-13-38(55)27-37(31-54)48(59)53(3)46-35-17-19-45(61-23-21-50)40(28-35)39-25-33(14-18-44(39)60-22-20-49)26-41(52-47(58)32(2)24-43(46)57)42(56)29-36(30-51)34-15-16-34/h14,17-19,25,28,32,34,36-37,41,46,54H,4-13,15-16,20-24,26-27,29,31,49-50H2,1-3H3,(H,52,58)/t32-,36-,37+,41+,46+/m1/s1. The van der Waals surface area contributed by atoms with E-state index in [1.54, 1.807) is 31.2 Å². The maximum Gasteiger partial charge on any atom is 0.229 e. The van der Waals surface area contributed by atoms with E-state index in [1.807, 2.05) is 12.1 Å². The Morgan fingerprint density at radius 3 is 2.08 bits per heavy atom. The Kier molecular flexibility index (Phi) is 20.4. The number of rotatable bonds is 25. The van der Waals surface area contributed by atoms with E-state index in [9.17, 15) is 34.3 Å². The SMILES string of the molecule is CCCCCCCCCCCC(=O)C[C@@H](CO)C(=O)N(C)[C@@H]1C(=O)C[C@@H](C)C(=O)N[C@H](C(=O)C[C@H](C#N)C2CC2)Cc2ccc(OCCN)c(c2)-c2cc1ccc2OCCN. The highest BCUT2D eigenvalue weighted by Gasteiger charge is 2.38. The van der Waals surface area contributed by atoms with Crippen LogP contribution in [0, 0.1) is 35.0 Å². The van der Waals surface area contributed by atoms with Gasteiger partial charge < -0.3 is 36.3 Å². The van der Waals surface area contributed by atoms with E-state index in [4.69, 9.17) is 20.9 Å². The van der Waals surface area contributed by atoms with Gasteiger partial charge in [-0.05, 0) is 67.0 Å². The summed E-state index contributed by atoms with van der Waals surface area (Å²) >= 11 is 0. The number of likely N-dealkylation sites (N-methyl/N-ethyl adjacent to an activating group) is 1. The first-order valence-electron chi connectivity index (χ1n) is 22.5. The Morgan fingerprint density at radius 2 is 1.49 bits per heavy atom. The van der Waals surface area contributed by atoms with Crippen molar-refractivity contribution in [2.24, 2.45) is 35.1 Å². The highest BCUT2D eigenvalue weighted by Crippen LogP contribution is 2.41. The van der Waals surface area contributed by atoms with Gasteiger partial charge in [0.05, 0.1) is 30.6 Å². The van der Waals surface area contributed by atoms with Crippen molar-refractivity contribution in [3.63, 3.8) is 0 Å². The van der Waals surface area contributed by atoms with Crippen LogP contribution >= 0.6 is 0 Å². The summed E-state index contributed by atoms with van der Waals surface area (Å²) in [6.07, 6.45) is 11.7. The zero-order chi connectivity index (χ0) is 44.3. The second-order valence-electron chi connectivity index (χ2n) is 17.0. The number of benzene rings is 2. The van der Waals surface area contributed by atoms with Gasteiger partial charge in [-0.3, -0.25) is 24.0 Å². The molecule has 4 bridgehead atoms. The smallest absolute Gasteiger partial charge is 0.229 e. The number of nitrogens with one attached hydrogen (secondary N) is 1. The Hall–Kier alpha value is -4.64. The summed E-state index contributed by atoms with van der Waals surface area (Å²) in [5.41, 5.74) is 13.9. The van der Waals surface area contributed by atoms with Crippen LogP contribution in [0.25, 0.3) is 11.1 Å². The van der Waals surface area contributed by atoms with Gasteiger partial charge in [-0.1, -0.05) is 77.3 Å². The number of aliphatic hydroxyl groups excluding tert-OH is 1. The van der Waals surface area contributed by atoms with Gasteiger partial charge in [-0.25, -0.2) is 0 Å². The van der Waals surface area contributed by atoms with Crippen molar-refractivity contribution in [1.82, 2.24) is 10.2 Å². The van der Waals surface area contributed by atoms with Gasteiger partial charge in [0, 0.05) is 62.9 Å². The van der Waals surface area contributed by atoms with E-state index in [-0.39, 0.29) is 69.5 Å². The van der Waals surface area contributed by atoms with E-state index in [0.29, 0.717) is 46.6 Å². The second kappa shape index (κ2) is 25.3. The van der Waals surface area contributed by atoms with Crippen molar-refractivity contribution < 1.29 is 38.6 Å². The molecule has 4 rings (SSSR count). The Morgan fingerprint density at radius 1 is 0.885 bits per heavy atom. The molecule has 0 spiro atoms. The number of unbranched alkanes of at least 4 members (excludes halogenated alkanes) is 8. The molecule has 2 aromatic carbocycles. The number of nitriles is 1. The topological polar surface area (TPSA) is 215 Å². The number of nitrogens with zero attached hydrogens (tertiary/aromatic N) is 2. The predicted octanol–water partition coefficient (Wildman–Crippen LogP) is 6.16. The fourth-order valence-corrected chi connectivity index (χ4v) is 8.19. The van der Waals surface area contributed by atoms with Crippen LogP contribution in [0.1, 0.15) is 127 Å². The van der Waals surface area contributed by atoms with E-state index in [0.717, 1.165) is 32.1 Å². The maximum absolute atomic E-state index is 14.6. The van der Waals surface area contributed by atoms with Gasteiger partial charge in [-0.2, -0.15) is 5.26 Å². The monoisotopic (exact) mass is 844 g/mol. The lowest BCUT2D eigenvalue weighted by Gasteiger charge is -2.32.